The molecule has 1 heterocycles. The van der Waals surface area contributed by atoms with Crippen molar-refractivity contribution in [2.45, 2.75) is 32.1 Å². The number of cyclic esters (lactones) is 1. The van der Waals surface area contributed by atoms with Gasteiger partial charge in [-0.25, -0.2) is 0 Å². The van der Waals surface area contributed by atoms with Gasteiger partial charge in [0, 0.05) is 5.92 Å². The van der Waals surface area contributed by atoms with Gasteiger partial charge in [-0.1, -0.05) is 43.2 Å². The van der Waals surface area contributed by atoms with E-state index in [0.29, 0.717) is 12.5 Å². The molecular formula is C15H18O2. The number of rotatable bonds is 2. The minimum atomic E-state index is -0.209. The van der Waals surface area contributed by atoms with Crippen LogP contribution in [0, 0.1) is 11.3 Å². The first-order valence-electron chi connectivity index (χ1n) is 6.52. The fraction of sp³-hybridized carbons (Fsp3) is 0.533. The summed E-state index contributed by atoms with van der Waals surface area (Å²) in [4.78, 5) is 12.1. The van der Waals surface area contributed by atoms with Crippen LogP contribution >= 0.6 is 0 Å². The van der Waals surface area contributed by atoms with Gasteiger partial charge in [-0.2, -0.15) is 0 Å². The molecule has 2 atom stereocenters. The number of fused-ring (bicyclic) bond motifs is 1. The van der Waals surface area contributed by atoms with Crippen LogP contribution in [0.4, 0.5) is 0 Å². The second kappa shape index (κ2) is 4.17. The molecule has 1 aliphatic heterocycles. The molecule has 2 fully saturated rings. The molecule has 2 heteroatoms. The molecule has 1 aromatic carbocycles. The monoisotopic (exact) mass is 230 g/mol. The number of hydrogen-bond acceptors (Lipinski definition) is 2. The van der Waals surface area contributed by atoms with Crippen LogP contribution in [-0.2, 0) is 16.0 Å². The highest BCUT2D eigenvalue weighted by molar-refractivity contribution is 5.79. The van der Waals surface area contributed by atoms with Crippen molar-refractivity contribution in [3.05, 3.63) is 35.9 Å². The molecule has 2 unspecified atom stereocenters. The second-order valence-electron chi connectivity index (χ2n) is 5.36. The van der Waals surface area contributed by atoms with Crippen molar-refractivity contribution in [3.8, 4) is 0 Å². The fourth-order valence-corrected chi connectivity index (χ4v) is 3.41. The second-order valence-corrected chi connectivity index (χ2v) is 5.36. The van der Waals surface area contributed by atoms with E-state index in [1.807, 2.05) is 18.2 Å². The van der Waals surface area contributed by atoms with Gasteiger partial charge in [-0.3, -0.25) is 4.79 Å². The van der Waals surface area contributed by atoms with E-state index in [0.717, 1.165) is 19.3 Å². The van der Waals surface area contributed by atoms with Gasteiger partial charge < -0.3 is 4.74 Å². The first-order valence-corrected chi connectivity index (χ1v) is 6.52. The Balaban J connectivity index is 1.89. The lowest BCUT2D eigenvalue weighted by Gasteiger charge is -2.35. The smallest absolute Gasteiger partial charge is 0.312 e. The Morgan fingerprint density at radius 2 is 2.06 bits per heavy atom. The van der Waals surface area contributed by atoms with Gasteiger partial charge in [0.2, 0.25) is 0 Å². The van der Waals surface area contributed by atoms with Crippen molar-refractivity contribution in [1.82, 2.24) is 0 Å². The molecule has 1 aromatic rings. The van der Waals surface area contributed by atoms with Gasteiger partial charge in [0.05, 0.1) is 12.0 Å². The van der Waals surface area contributed by atoms with Crippen LogP contribution in [0.5, 0.6) is 0 Å². The largest absolute Gasteiger partial charge is 0.465 e. The third-order valence-electron chi connectivity index (χ3n) is 4.39. The van der Waals surface area contributed by atoms with Gasteiger partial charge in [0.15, 0.2) is 0 Å². The Morgan fingerprint density at radius 1 is 1.24 bits per heavy atom. The lowest BCUT2D eigenvalue weighted by molar-refractivity contribution is -0.147. The summed E-state index contributed by atoms with van der Waals surface area (Å²) in [6, 6.07) is 10.3. The molecule has 90 valence electrons. The van der Waals surface area contributed by atoms with Crippen LogP contribution in [0.25, 0.3) is 0 Å². The minimum Gasteiger partial charge on any atom is -0.465 e. The highest BCUT2D eigenvalue weighted by Gasteiger charge is 2.52. The van der Waals surface area contributed by atoms with Crippen LogP contribution in [0.2, 0.25) is 0 Å². The standard InChI is InChI=1S/C15H18O2/c16-14-15(10-12-6-2-1-3-7-12)9-5-4-8-13(15)11-17-14/h1-3,6-7,13H,4-5,8-11H2. The first kappa shape index (κ1) is 10.8. The molecule has 1 aliphatic carbocycles. The molecular weight excluding hydrogens is 212 g/mol. The average Bonchev–Trinajstić information content (AvgIpc) is 2.69. The van der Waals surface area contributed by atoms with E-state index in [1.54, 1.807) is 0 Å². The van der Waals surface area contributed by atoms with E-state index in [4.69, 9.17) is 4.74 Å². The van der Waals surface area contributed by atoms with Crippen molar-refractivity contribution in [1.29, 1.82) is 0 Å². The summed E-state index contributed by atoms with van der Waals surface area (Å²) in [5.41, 5.74) is 1.05. The minimum absolute atomic E-state index is 0.0473. The van der Waals surface area contributed by atoms with Crippen molar-refractivity contribution >= 4 is 5.97 Å². The first-order chi connectivity index (χ1) is 8.31. The zero-order valence-electron chi connectivity index (χ0n) is 10.0. The predicted molar refractivity (Wildman–Crippen MR) is 65.5 cm³/mol. The lowest BCUT2D eigenvalue weighted by Crippen LogP contribution is -2.38. The number of benzene rings is 1. The molecule has 1 saturated heterocycles. The van der Waals surface area contributed by atoms with Crippen LogP contribution in [0.15, 0.2) is 30.3 Å². The lowest BCUT2D eigenvalue weighted by atomic mass is 9.65. The van der Waals surface area contributed by atoms with Gasteiger partial charge in [0.1, 0.15) is 0 Å². The van der Waals surface area contributed by atoms with E-state index in [-0.39, 0.29) is 11.4 Å². The highest BCUT2D eigenvalue weighted by Crippen LogP contribution is 2.48. The molecule has 0 amide bonds. The van der Waals surface area contributed by atoms with Crippen LogP contribution in [0.1, 0.15) is 31.2 Å². The summed E-state index contributed by atoms with van der Waals surface area (Å²) in [7, 11) is 0. The van der Waals surface area contributed by atoms with Gasteiger partial charge in [-0.05, 0) is 24.8 Å². The summed E-state index contributed by atoms with van der Waals surface area (Å²) in [5, 5.41) is 0. The summed E-state index contributed by atoms with van der Waals surface area (Å²) < 4.78 is 5.34. The Bertz CT molecular complexity index is 412. The number of ether oxygens (including phenoxy) is 1. The summed E-state index contributed by atoms with van der Waals surface area (Å²) in [5.74, 6) is 0.495. The third-order valence-corrected chi connectivity index (χ3v) is 4.39. The molecule has 0 spiro atoms. The van der Waals surface area contributed by atoms with Crippen LogP contribution in [-0.4, -0.2) is 12.6 Å². The van der Waals surface area contributed by atoms with E-state index < -0.39 is 0 Å². The van der Waals surface area contributed by atoms with Crippen molar-refractivity contribution in [2.75, 3.05) is 6.61 Å². The number of hydrogen-bond donors (Lipinski definition) is 0. The quantitative estimate of drug-likeness (QED) is 0.730. The van der Waals surface area contributed by atoms with E-state index in [9.17, 15) is 4.79 Å². The number of esters is 1. The highest BCUT2D eigenvalue weighted by atomic mass is 16.5. The molecule has 17 heavy (non-hydrogen) atoms. The summed E-state index contributed by atoms with van der Waals surface area (Å²) >= 11 is 0. The van der Waals surface area contributed by atoms with E-state index in [1.165, 1.54) is 18.4 Å². The zero-order valence-corrected chi connectivity index (χ0v) is 10.0. The van der Waals surface area contributed by atoms with Crippen LogP contribution in [0.3, 0.4) is 0 Å². The SMILES string of the molecule is O=C1OCC2CCCCC12Cc1ccccc1. The topological polar surface area (TPSA) is 26.3 Å². The molecule has 0 radical (unpaired) electrons. The van der Waals surface area contributed by atoms with Crippen LogP contribution < -0.4 is 0 Å². The molecule has 0 N–H and O–H groups in total. The average molecular weight is 230 g/mol. The maximum atomic E-state index is 12.1. The molecule has 0 aromatic heterocycles. The Kier molecular flexibility index (Phi) is 2.65. The molecule has 1 saturated carbocycles. The normalized spacial score (nSPS) is 32.0. The third kappa shape index (κ3) is 1.76. The Morgan fingerprint density at radius 3 is 2.88 bits per heavy atom. The molecule has 3 rings (SSSR count). The predicted octanol–water partition coefficient (Wildman–Crippen LogP) is 2.96. The van der Waals surface area contributed by atoms with Crippen molar-refractivity contribution in [2.24, 2.45) is 11.3 Å². The molecule has 2 nitrogen and oxygen atoms in total. The fourth-order valence-electron chi connectivity index (χ4n) is 3.41. The van der Waals surface area contributed by atoms with Gasteiger partial charge in [-0.15, -0.1) is 0 Å². The van der Waals surface area contributed by atoms with Crippen molar-refractivity contribution < 1.29 is 9.53 Å². The zero-order chi connectivity index (χ0) is 11.7. The van der Waals surface area contributed by atoms with Gasteiger partial charge in [0.25, 0.3) is 0 Å². The number of carbonyl (C=O) groups excluding carboxylic acids is 1. The summed E-state index contributed by atoms with van der Waals surface area (Å²) in [6.07, 6.45) is 5.43. The maximum absolute atomic E-state index is 12.1. The van der Waals surface area contributed by atoms with E-state index in [2.05, 4.69) is 12.1 Å². The molecule has 2 aliphatic rings. The molecule has 0 bridgehead atoms. The maximum Gasteiger partial charge on any atom is 0.312 e. The Hall–Kier alpha value is -1.31. The Labute approximate surface area is 102 Å². The van der Waals surface area contributed by atoms with E-state index >= 15 is 0 Å². The summed E-state index contributed by atoms with van der Waals surface area (Å²) in [6.45, 7) is 0.645. The van der Waals surface area contributed by atoms with Crippen molar-refractivity contribution in [3.63, 3.8) is 0 Å². The van der Waals surface area contributed by atoms with Gasteiger partial charge >= 0.3 is 5.97 Å². The number of carbonyl (C=O) groups is 1.